The summed E-state index contributed by atoms with van der Waals surface area (Å²) < 4.78 is 7.91. The van der Waals surface area contributed by atoms with E-state index in [9.17, 15) is 9.59 Å². The second-order valence-electron chi connectivity index (χ2n) is 4.29. The third kappa shape index (κ3) is 2.09. The molecule has 0 saturated heterocycles. The van der Waals surface area contributed by atoms with E-state index >= 15 is 0 Å². The monoisotopic (exact) mass is 250 g/mol. The molecule has 0 bridgehead atoms. The molecule has 0 aliphatic carbocycles. The fourth-order valence-electron chi connectivity index (χ4n) is 1.77. The molecule has 6 nitrogen and oxygen atoms in total. The smallest absolute Gasteiger partial charge is 0.372 e. The van der Waals surface area contributed by atoms with Crippen LogP contribution in [0.3, 0.4) is 0 Å². The lowest BCUT2D eigenvalue weighted by molar-refractivity contribution is 0.0660. The van der Waals surface area contributed by atoms with E-state index in [1.165, 1.54) is 10.8 Å². The number of carboxylic acids is 1. The molecule has 0 spiro atoms. The van der Waals surface area contributed by atoms with Crippen LogP contribution in [0.25, 0.3) is 0 Å². The Bertz CT molecular complexity index is 618. The van der Waals surface area contributed by atoms with Crippen LogP contribution in [-0.2, 0) is 6.54 Å². The lowest BCUT2D eigenvalue weighted by Crippen LogP contribution is -2.25. The first-order valence-corrected chi connectivity index (χ1v) is 5.57. The number of furan rings is 1. The molecule has 0 unspecified atom stereocenters. The fraction of sp³-hybridized carbons (Fsp3) is 0.333. The van der Waals surface area contributed by atoms with Crippen molar-refractivity contribution >= 4 is 5.97 Å². The normalized spacial score (nSPS) is 11.1. The minimum Gasteiger partial charge on any atom is -0.475 e. The molecule has 0 saturated carbocycles. The van der Waals surface area contributed by atoms with E-state index in [1.54, 1.807) is 23.0 Å². The van der Waals surface area contributed by atoms with Crippen molar-refractivity contribution in [1.82, 2.24) is 9.13 Å². The van der Waals surface area contributed by atoms with Gasteiger partial charge in [-0.3, -0.25) is 9.13 Å². The van der Waals surface area contributed by atoms with Crippen LogP contribution >= 0.6 is 0 Å². The summed E-state index contributed by atoms with van der Waals surface area (Å²) >= 11 is 0. The Labute approximate surface area is 103 Å². The van der Waals surface area contributed by atoms with E-state index in [0.717, 1.165) is 0 Å². The molecule has 0 aromatic carbocycles. The SMILES string of the molecule is CC(C)n1ccn(Cc2ccoc2C(=O)O)c1=O. The van der Waals surface area contributed by atoms with Gasteiger partial charge in [0.2, 0.25) is 5.76 Å². The Hall–Kier alpha value is -2.24. The van der Waals surface area contributed by atoms with Crippen LogP contribution in [0.2, 0.25) is 0 Å². The van der Waals surface area contributed by atoms with Crippen LogP contribution in [0.1, 0.15) is 36.0 Å². The summed E-state index contributed by atoms with van der Waals surface area (Å²) in [5.74, 6) is -1.26. The second-order valence-corrected chi connectivity index (χ2v) is 4.29. The van der Waals surface area contributed by atoms with Gasteiger partial charge in [-0.1, -0.05) is 0 Å². The zero-order chi connectivity index (χ0) is 13.3. The molecule has 2 aromatic heterocycles. The van der Waals surface area contributed by atoms with Gasteiger partial charge in [0, 0.05) is 24.0 Å². The van der Waals surface area contributed by atoms with Gasteiger partial charge in [0.05, 0.1) is 12.8 Å². The fourth-order valence-corrected chi connectivity index (χ4v) is 1.77. The minimum atomic E-state index is -1.13. The first-order valence-electron chi connectivity index (χ1n) is 5.57. The van der Waals surface area contributed by atoms with Crippen LogP contribution in [0.5, 0.6) is 0 Å². The average molecular weight is 250 g/mol. The van der Waals surface area contributed by atoms with E-state index in [-0.39, 0.29) is 24.0 Å². The number of carboxylic acid groups (broad SMARTS) is 1. The molecule has 18 heavy (non-hydrogen) atoms. The van der Waals surface area contributed by atoms with Crippen molar-refractivity contribution in [2.75, 3.05) is 0 Å². The number of nitrogens with zero attached hydrogens (tertiary/aromatic N) is 2. The van der Waals surface area contributed by atoms with Crippen LogP contribution in [0, 0.1) is 0 Å². The number of rotatable bonds is 4. The van der Waals surface area contributed by atoms with Gasteiger partial charge in [-0.2, -0.15) is 0 Å². The van der Waals surface area contributed by atoms with Crippen LogP contribution in [0.4, 0.5) is 0 Å². The van der Waals surface area contributed by atoms with Crippen LogP contribution in [0.15, 0.2) is 33.9 Å². The Kier molecular flexibility index (Phi) is 3.10. The summed E-state index contributed by atoms with van der Waals surface area (Å²) in [5, 5.41) is 8.91. The van der Waals surface area contributed by atoms with Gasteiger partial charge in [-0.15, -0.1) is 0 Å². The van der Waals surface area contributed by atoms with Gasteiger partial charge in [-0.25, -0.2) is 9.59 Å². The largest absolute Gasteiger partial charge is 0.475 e. The van der Waals surface area contributed by atoms with Gasteiger partial charge in [0.15, 0.2) is 0 Å². The van der Waals surface area contributed by atoms with Gasteiger partial charge >= 0.3 is 11.7 Å². The van der Waals surface area contributed by atoms with E-state index < -0.39 is 5.97 Å². The minimum absolute atomic E-state index is 0.0713. The summed E-state index contributed by atoms with van der Waals surface area (Å²) in [5.41, 5.74) is 0.314. The average Bonchev–Trinajstić information content (AvgIpc) is 2.87. The summed E-state index contributed by atoms with van der Waals surface area (Å²) in [6.07, 6.45) is 4.64. The molecule has 96 valence electrons. The molecule has 2 rings (SSSR count). The molecule has 1 N–H and O–H groups in total. The Balaban J connectivity index is 2.32. The third-order valence-corrected chi connectivity index (χ3v) is 2.71. The second kappa shape index (κ2) is 4.56. The van der Waals surface area contributed by atoms with E-state index in [2.05, 4.69) is 0 Å². The lowest BCUT2D eigenvalue weighted by Gasteiger charge is -2.04. The lowest BCUT2D eigenvalue weighted by atomic mass is 10.2. The molecule has 6 heteroatoms. The summed E-state index contributed by atoms with van der Waals surface area (Å²) in [4.78, 5) is 22.9. The molecule has 0 amide bonds. The summed E-state index contributed by atoms with van der Waals surface area (Å²) in [6, 6.07) is 1.63. The summed E-state index contributed by atoms with van der Waals surface area (Å²) in [6.45, 7) is 4.01. The zero-order valence-corrected chi connectivity index (χ0v) is 10.2. The zero-order valence-electron chi connectivity index (χ0n) is 10.2. The van der Waals surface area contributed by atoms with Crippen molar-refractivity contribution < 1.29 is 14.3 Å². The van der Waals surface area contributed by atoms with Crippen LogP contribution < -0.4 is 5.69 Å². The van der Waals surface area contributed by atoms with Crippen molar-refractivity contribution in [3.63, 3.8) is 0 Å². The highest BCUT2D eigenvalue weighted by Gasteiger charge is 2.15. The van der Waals surface area contributed by atoms with E-state index in [4.69, 9.17) is 9.52 Å². The van der Waals surface area contributed by atoms with E-state index in [0.29, 0.717) is 5.56 Å². The van der Waals surface area contributed by atoms with Gasteiger partial charge < -0.3 is 9.52 Å². The maximum atomic E-state index is 12.0. The number of hydrogen-bond donors (Lipinski definition) is 1. The van der Waals surface area contributed by atoms with Crippen molar-refractivity contribution in [2.45, 2.75) is 26.4 Å². The number of hydrogen-bond acceptors (Lipinski definition) is 3. The van der Waals surface area contributed by atoms with E-state index in [1.807, 2.05) is 13.8 Å². The number of aromatic nitrogens is 2. The van der Waals surface area contributed by atoms with Gasteiger partial charge in [0.1, 0.15) is 0 Å². The highest BCUT2D eigenvalue weighted by molar-refractivity contribution is 5.86. The number of imidazole rings is 1. The van der Waals surface area contributed by atoms with Crippen molar-refractivity contribution in [1.29, 1.82) is 0 Å². The molecule has 0 aliphatic rings. The Morgan fingerprint density at radius 3 is 2.72 bits per heavy atom. The topological polar surface area (TPSA) is 77.4 Å². The van der Waals surface area contributed by atoms with Crippen LogP contribution in [-0.4, -0.2) is 20.2 Å². The molecular weight excluding hydrogens is 236 g/mol. The standard InChI is InChI=1S/C12H14N2O4/c1-8(2)14-5-4-13(12(14)17)7-9-3-6-18-10(9)11(15)16/h3-6,8H,7H2,1-2H3,(H,15,16). The molecule has 2 aromatic rings. The van der Waals surface area contributed by atoms with Crippen molar-refractivity contribution in [3.05, 3.63) is 46.5 Å². The summed E-state index contributed by atoms with van der Waals surface area (Å²) in [7, 11) is 0. The third-order valence-electron chi connectivity index (χ3n) is 2.71. The first kappa shape index (κ1) is 12.2. The number of carbonyl (C=O) groups is 1. The highest BCUT2D eigenvalue weighted by atomic mass is 16.4. The molecule has 0 radical (unpaired) electrons. The maximum absolute atomic E-state index is 12.0. The van der Waals surface area contributed by atoms with Crippen molar-refractivity contribution in [2.24, 2.45) is 0 Å². The molecular formula is C12H14N2O4. The number of aromatic carboxylic acids is 1. The molecule has 2 heterocycles. The molecule has 0 fully saturated rings. The molecule has 0 aliphatic heterocycles. The Morgan fingerprint density at radius 1 is 1.44 bits per heavy atom. The Morgan fingerprint density at radius 2 is 2.17 bits per heavy atom. The first-order chi connectivity index (χ1) is 8.50. The quantitative estimate of drug-likeness (QED) is 0.893. The maximum Gasteiger partial charge on any atom is 0.372 e. The van der Waals surface area contributed by atoms with Crippen molar-refractivity contribution in [3.8, 4) is 0 Å². The predicted molar refractivity (Wildman–Crippen MR) is 63.8 cm³/mol. The molecule has 0 atom stereocenters. The van der Waals surface area contributed by atoms with Gasteiger partial charge in [0.25, 0.3) is 0 Å². The predicted octanol–water partition coefficient (Wildman–Crippen LogP) is 1.57. The van der Waals surface area contributed by atoms with Gasteiger partial charge in [-0.05, 0) is 19.9 Å². The highest BCUT2D eigenvalue weighted by Crippen LogP contribution is 2.12.